The molecule has 1 aromatic rings. The van der Waals surface area contributed by atoms with E-state index in [9.17, 15) is 0 Å². The van der Waals surface area contributed by atoms with Gasteiger partial charge < -0.3 is 19.5 Å². The molecule has 2 heterocycles. The molecule has 1 N–H and O–H groups in total. The van der Waals surface area contributed by atoms with E-state index in [0.717, 1.165) is 50.1 Å². The van der Waals surface area contributed by atoms with Crippen LogP contribution in [0, 0.1) is 5.92 Å². The summed E-state index contributed by atoms with van der Waals surface area (Å²) in [5.41, 5.74) is 1.12. The Hall–Kier alpha value is -0.910. The van der Waals surface area contributed by atoms with E-state index in [-0.39, 0.29) is 5.54 Å². The Bertz CT molecular complexity index is 422. The number of rotatable bonds is 7. The van der Waals surface area contributed by atoms with Crippen LogP contribution in [0.4, 0.5) is 0 Å². The Balaban J connectivity index is 1.56. The molecule has 106 valence electrons. The van der Waals surface area contributed by atoms with Crippen molar-refractivity contribution in [1.82, 2.24) is 15.4 Å². The lowest BCUT2D eigenvalue weighted by atomic mass is 9.91. The van der Waals surface area contributed by atoms with E-state index in [1.54, 1.807) is 0 Å². The van der Waals surface area contributed by atoms with Gasteiger partial charge in [-0.25, -0.2) is 0 Å². The first-order chi connectivity index (χ1) is 9.15. The zero-order valence-corrected chi connectivity index (χ0v) is 11.8. The first-order valence-electron chi connectivity index (χ1n) is 7.07. The largest absolute Gasteiger partial charge is 0.377 e. The highest BCUT2D eigenvalue weighted by molar-refractivity contribution is 5.12. The van der Waals surface area contributed by atoms with Gasteiger partial charge in [-0.1, -0.05) is 5.16 Å². The zero-order valence-electron chi connectivity index (χ0n) is 11.8. The third kappa shape index (κ3) is 3.35. The molecule has 0 atom stereocenters. The minimum absolute atomic E-state index is 0.0921. The van der Waals surface area contributed by atoms with Crippen LogP contribution >= 0.6 is 0 Å². The maximum Gasteiger partial charge on any atom is 0.150 e. The number of hydrogen-bond donors (Lipinski definition) is 1. The molecule has 2 aliphatic rings. The average Bonchev–Trinajstić information content (AvgIpc) is 3.04. The van der Waals surface area contributed by atoms with Crippen molar-refractivity contribution in [3.63, 3.8) is 0 Å². The summed E-state index contributed by atoms with van der Waals surface area (Å²) in [7, 11) is 4.06. The normalized spacial score (nSPS) is 21.6. The quantitative estimate of drug-likeness (QED) is 0.798. The lowest BCUT2D eigenvalue weighted by molar-refractivity contribution is -0.0748. The van der Waals surface area contributed by atoms with Crippen LogP contribution in [0.2, 0.25) is 0 Å². The zero-order chi connectivity index (χ0) is 13.3. The minimum atomic E-state index is 0.0921. The van der Waals surface area contributed by atoms with Gasteiger partial charge in [-0.05, 0) is 39.4 Å². The van der Waals surface area contributed by atoms with Crippen molar-refractivity contribution in [2.75, 3.05) is 33.9 Å². The number of hydrogen-bond acceptors (Lipinski definition) is 5. The van der Waals surface area contributed by atoms with Crippen LogP contribution in [-0.2, 0) is 17.7 Å². The molecule has 0 aromatic carbocycles. The fourth-order valence-corrected chi connectivity index (χ4v) is 2.47. The third-order valence-corrected chi connectivity index (χ3v) is 3.82. The standard InChI is InChI=1S/C14H23N3O2/c1-17(2)8-13-5-12(16-19-13)6-14(9-18-10-14)15-7-11-3-4-11/h5,11,15H,3-4,6-10H2,1-2H3. The van der Waals surface area contributed by atoms with Gasteiger partial charge in [0.25, 0.3) is 0 Å². The summed E-state index contributed by atoms with van der Waals surface area (Å²) in [4.78, 5) is 2.08. The summed E-state index contributed by atoms with van der Waals surface area (Å²) >= 11 is 0. The Morgan fingerprint density at radius 1 is 1.42 bits per heavy atom. The van der Waals surface area contributed by atoms with E-state index in [2.05, 4.69) is 21.4 Å². The molecule has 1 saturated heterocycles. The molecule has 0 unspecified atom stereocenters. The molecule has 0 amide bonds. The van der Waals surface area contributed by atoms with Gasteiger partial charge in [-0.2, -0.15) is 0 Å². The molecule has 0 bridgehead atoms. The molecule has 5 heteroatoms. The first kappa shape index (κ1) is 13.1. The summed E-state index contributed by atoms with van der Waals surface area (Å²) in [6.45, 7) is 3.49. The highest BCUT2D eigenvalue weighted by Gasteiger charge is 2.40. The Morgan fingerprint density at radius 2 is 2.21 bits per heavy atom. The van der Waals surface area contributed by atoms with Crippen molar-refractivity contribution in [3.05, 3.63) is 17.5 Å². The number of aromatic nitrogens is 1. The lowest BCUT2D eigenvalue weighted by Gasteiger charge is -2.42. The molecular formula is C14H23N3O2. The molecule has 19 heavy (non-hydrogen) atoms. The van der Waals surface area contributed by atoms with Crippen LogP contribution in [0.5, 0.6) is 0 Å². The summed E-state index contributed by atoms with van der Waals surface area (Å²) in [6, 6.07) is 2.07. The second-order valence-corrected chi connectivity index (χ2v) is 6.30. The molecule has 3 rings (SSSR count). The second kappa shape index (κ2) is 5.23. The Labute approximate surface area is 114 Å². The van der Waals surface area contributed by atoms with Crippen molar-refractivity contribution >= 4 is 0 Å². The predicted molar refractivity (Wildman–Crippen MR) is 71.9 cm³/mol. The molecule has 1 aliphatic heterocycles. The number of nitrogens with one attached hydrogen (secondary N) is 1. The monoisotopic (exact) mass is 265 g/mol. The van der Waals surface area contributed by atoms with Crippen LogP contribution in [0.15, 0.2) is 10.6 Å². The molecule has 5 nitrogen and oxygen atoms in total. The highest BCUT2D eigenvalue weighted by Crippen LogP contribution is 2.30. The van der Waals surface area contributed by atoms with Crippen molar-refractivity contribution in [1.29, 1.82) is 0 Å². The maximum atomic E-state index is 5.41. The van der Waals surface area contributed by atoms with Crippen LogP contribution < -0.4 is 5.32 Å². The highest BCUT2D eigenvalue weighted by atomic mass is 16.5. The van der Waals surface area contributed by atoms with Gasteiger partial charge in [-0.3, -0.25) is 0 Å². The summed E-state index contributed by atoms with van der Waals surface area (Å²) in [5.74, 6) is 1.82. The fraction of sp³-hybridized carbons (Fsp3) is 0.786. The average molecular weight is 265 g/mol. The summed E-state index contributed by atoms with van der Waals surface area (Å²) in [6.07, 6.45) is 3.65. The van der Waals surface area contributed by atoms with Crippen LogP contribution in [0.1, 0.15) is 24.3 Å². The van der Waals surface area contributed by atoms with Gasteiger partial charge in [0.15, 0.2) is 5.76 Å². The second-order valence-electron chi connectivity index (χ2n) is 6.30. The Kier molecular flexibility index (Phi) is 3.60. The van der Waals surface area contributed by atoms with Crippen LogP contribution in [-0.4, -0.2) is 49.4 Å². The van der Waals surface area contributed by atoms with Crippen molar-refractivity contribution in [3.8, 4) is 0 Å². The van der Waals surface area contributed by atoms with Gasteiger partial charge in [0, 0.05) is 12.5 Å². The van der Waals surface area contributed by atoms with Gasteiger partial charge in [0.1, 0.15) is 0 Å². The first-order valence-corrected chi connectivity index (χ1v) is 7.07. The minimum Gasteiger partial charge on any atom is -0.377 e. The van der Waals surface area contributed by atoms with E-state index < -0.39 is 0 Å². The maximum absolute atomic E-state index is 5.41. The predicted octanol–water partition coefficient (Wildman–Crippen LogP) is 1.05. The Morgan fingerprint density at radius 3 is 2.79 bits per heavy atom. The molecule has 0 radical (unpaired) electrons. The van der Waals surface area contributed by atoms with E-state index in [0.29, 0.717) is 0 Å². The SMILES string of the molecule is CN(C)Cc1cc(CC2(NCC3CC3)COC2)no1. The lowest BCUT2D eigenvalue weighted by Crippen LogP contribution is -2.62. The van der Waals surface area contributed by atoms with Crippen molar-refractivity contribution < 1.29 is 9.26 Å². The van der Waals surface area contributed by atoms with Gasteiger partial charge >= 0.3 is 0 Å². The van der Waals surface area contributed by atoms with Crippen LogP contribution in [0.3, 0.4) is 0 Å². The van der Waals surface area contributed by atoms with E-state index >= 15 is 0 Å². The molecule has 0 spiro atoms. The van der Waals surface area contributed by atoms with E-state index in [1.165, 1.54) is 12.8 Å². The smallest absolute Gasteiger partial charge is 0.150 e. The van der Waals surface area contributed by atoms with E-state index in [1.807, 2.05) is 14.1 Å². The molecule has 1 aromatic heterocycles. The number of ether oxygens (including phenoxy) is 1. The molecule has 2 fully saturated rings. The van der Waals surface area contributed by atoms with E-state index in [4.69, 9.17) is 9.26 Å². The molecule has 1 aliphatic carbocycles. The molecular weight excluding hydrogens is 242 g/mol. The van der Waals surface area contributed by atoms with Crippen LogP contribution in [0.25, 0.3) is 0 Å². The summed E-state index contributed by atoms with van der Waals surface area (Å²) in [5, 5.41) is 7.86. The van der Waals surface area contributed by atoms with Gasteiger partial charge in [0.2, 0.25) is 0 Å². The third-order valence-electron chi connectivity index (χ3n) is 3.82. The van der Waals surface area contributed by atoms with Gasteiger partial charge in [0.05, 0.1) is 31.0 Å². The molecule has 1 saturated carbocycles. The topological polar surface area (TPSA) is 50.5 Å². The summed E-state index contributed by atoms with van der Waals surface area (Å²) < 4.78 is 10.8. The van der Waals surface area contributed by atoms with Gasteiger partial charge in [-0.15, -0.1) is 0 Å². The number of nitrogens with zero attached hydrogens (tertiary/aromatic N) is 2. The van der Waals surface area contributed by atoms with Crippen molar-refractivity contribution in [2.24, 2.45) is 5.92 Å². The van der Waals surface area contributed by atoms with Crippen molar-refractivity contribution in [2.45, 2.75) is 31.3 Å². The fourth-order valence-electron chi connectivity index (χ4n) is 2.47.